The van der Waals surface area contributed by atoms with Gasteiger partial charge in [0.1, 0.15) is 35.2 Å². The first kappa shape index (κ1) is 46.5. The maximum atomic E-state index is 15.1. The molecule has 11 heteroatoms. The Kier molecular flexibility index (Phi) is 21.2. The Bertz CT molecular complexity index is 1440. The molecule has 1 amide bonds. The van der Waals surface area contributed by atoms with E-state index in [2.05, 4.69) is 22.0 Å². The Hall–Kier alpha value is -3.67. The number of carbonyl (C=O) groups is 2. The molecule has 1 atom stereocenters. The van der Waals surface area contributed by atoms with E-state index < -0.39 is 17.6 Å². The predicted molar refractivity (Wildman–Crippen MR) is 217 cm³/mol. The molecular weight excluding hydrogens is 709 g/mol. The fraction of sp³-hybridized carbons (Fsp3) is 0.535. The molecule has 8 nitrogen and oxygen atoms in total. The van der Waals surface area contributed by atoms with E-state index in [4.69, 9.17) is 14.2 Å². The maximum absolute atomic E-state index is 15.1. The Balaban J connectivity index is 0.000000444. The van der Waals surface area contributed by atoms with Crippen molar-refractivity contribution in [2.75, 3.05) is 26.7 Å². The lowest BCUT2D eigenvalue weighted by Gasteiger charge is -2.30. The third kappa shape index (κ3) is 17.2. The summed E-state index contributed by atoms with van der Waals surface area (Å²) >= 11 is 0.993. The van der Waals surface area contributed by atoms with Crippen LogP contribution in [-0.4, -0.2) is 61.7 Å². The van der Waals surface area contributed by atoms with Crippen LogP contribution in [0, 0.1) is 5.92 Å². The number of para-hydroxylation sites is 1. The molecule has 0 bridgehead atoms. The second-order valence-electron chi connectivity index (χ2n) is 13.9. The lowest BCUT2D eigenvalue weighted by atomic mass is 9.90. The summed E-state index contributed by atoms with van der Waals surface area (Å²) in [6.07, 6.45) is 8.23. The van der Waals surface area contributed by atoms with Gasteiger partial charge in [-0.05, 0) is 145 Å². The van der Waals surface area contributed by atoms with E-state index in [1.165, 1.54) is 56.4 Å². The zero-order valence-corrected chi connectivity index (χ0v) is 34.4. The summed E-state index contributed by atoms with van der Waals surface area (Å²) in [6, 6.07) is 20.4. The SMILES string of the molecule is CC.CC.CN1CCC(NC(=O)OC(C)(C)C)CC1.O=CC(NSc1ccc(OCC2CCCCC2)cc1)C(F)(F)c1ccc(Oc2ccccc2)cc1. The van der Waals surface area contributed by atoms with E-state index >= 15 is 8.78 Å². The molecule has 1 saturated carbocycles. The lowest BCUT2D eigenvalue weighted by molar-refractivity contribution is -0.119. The van der Waals surface area contributed by atoms with Gasteiger partial charge in [-0.25, -0.2) is 9.52 Å². The molecule has 3 aromatic carbocycles. The summed E-state index contributed by atoms with van der Waals surface area (Å²) in [6.45, 7) is 16.4. The average molecular weight is 772 g/mol. The predicted octanol–water partition coefficient (Wildman–Crippen LogP) is 11.1. The Labute approximate surface area is 327 Å². The van der Waals surface area contributed by atoms with Crippen molar-refractivity contribution in [2.24, 2.45) is 5.92 Å². The van der Waals surface area contributed by atoms with Crippen molar-refractivity contribution >= 4 is 24.3 Å². The molecule has 1 aliphatic carbocycles. The van der Waals surface area contributed by atoms with Gasteiger partial charge in [0.2, 0.25) is 0 Å². The number of alkyl halides is 2. The minimum absolute atomic E-state index is 0.239. The Morgan fingerprint density at radius 1 is 0.833 bits per heavy atom. The minimum Gasteiger partial charge on any atom is -0.493 e. The van der Waals surface area contributed by atoms with E-state index in [1.54, 1.807) is 24.3 Å². The van der Waals surface area contributed by atoms with Crippen LogP contribution in [0.15, 0.2) is 83.8 Å². The number of piperidine rings is 1. The van der Waals surface area contributed by atoms with Crippen molar-refractivity contribution in [1.29, 1.82) is 0 Å². The number of amides is 1. The second-order valence-corrected chi connectivity index (χ2v) is 14.8. The molecule has 3 aromatic rings. The van der Waals surface area contributed by atoms with Crippen LogP contribution in [0.2, 0.25) is 0 Å². The molecule has 2 fully saturated rings. The van der Waals surface area contributed by atoms with Crippen LogP contribution in [0.5, 0.6) is 17.2 Å². The smallest absolute Gasteiger partial charge is 0.407 e. The molecule has 2 aliphatic rings. The third-order valence-electron chi connectivity index (χ3n) is 8.52. The van der Waals surface area contributed by atoms with E-state index in [-0.39, 0.29) is 24.0 Å². The summed E-state index contributed by atoms with van der Waals surface area (Å²) in [5.74, 6) is -0.986. The van der Waals surface area contributed by atoms with Crippen LogP contribution in [0.1, 0.15) is 99.0 Å². The first-order chi connectivity index (χ1) is 25.9. The van der Waals surface area contributed by atoms with E-state index in [0.29, 0.717) is 28.9 Å². The summed E-state index contributed by atoms with van der Waals surface area (Å²) in [5.41, 5.74) is -0.676. The first-order valence-corrected chi connectivity index (χ1v) is 20.2. The van der Waals surface area contributed by atoms with Crippen LogP contribution < -0.4 is 19.5 Å². The van der Waals surface area contributed by atoms with Gasteiger partial charge in [0.05, 0.1) is 6.61 Å². The monoisotopic (exact) mass is 771 g/mol. The molecule has 0 aromatic heterocycles. The van der Waals surface area contributed by atoms with Crippen molar-refractivity contribution in [3.63, 3.8) is 0 Å². The second kappa shape index (κ2) is 24.7. The first-order valence-electron chi connectivity index (χ1n) is 19.4. The molecule has 2 N–H and O–H groups in total. The Morgan fingerprint density at radius 2 is 1.39 bits per heavy atom. The van der Waals surface area contributed by atoms with Gasteiger partial charge in [-0.3, -0.25) is 0 Å². The average Bonchev–Trinajstić information content (AvgIpc) is 3.18. The molecule has 0 radical (unpaired) electrons. The van der Waals surface area contributed by atoms with Gasteiger partial charge in [0, 0.05) is 16.5 Å². The van der Waals surface area contributed by atoms with Gasteiger partial charge in [0.25, 0.3) is 5.92 Å². The van der Waals surface area contributed by atoms with Crippen molar-refractivity contribution < 1.29 is 32.6 Å². The zero-order chi connectivity index (χ0) is 40.0. The quantitative estimate of drug-likeness (QED) is 0.139. The largest absolute Gasteiger partial charge is 0.493 e. The maximum Gasteiger partial charge on any atom is 0.407 e. The number of hydrogen-bond acceptors (Lipinski definition) is 8. The standard InChI is InChI=1S/C28H29F2NO3S.C11H22N2O2.2C2H6/c29-28(30,22-11-13-25(14-12-22)34-24-9-5-2-6-10-24)27(19-32)31-35-26-17-15-23(16-18-26)33-20-21-7-3-1-4-8-21;1-11(2,3)15-10(14)12-9-5-7-13(4)8-6-9;2*1-2/h2,5-6,9-19,21,27,31H,1,3-4,7-8,20H2;9H,5-8H2,1-4H3,(H,12,14);2*1-2H3. The van der Waals surface area contributed by atoms with Crippen LogP contribution >= 0.6 is 11.9 Å². The van der Waals surface area contributed by atoms with Gasteiger partial charge in [-0.1, -0.05) is 65.2 Å². The normalized spacial score (nSPS) is 15.7. The van der Waals surface area contributed by atoms with Crippen molar-refractivity contribution in [2.45, 2.75) is 122 Å². The summed E-state index contributed by atoms with van der Waals surface area (Å²) in [7, 11) is 2.10. The highest BCUT2D eigenvalue weighted by molar-refractivity contribution is 7.97. The van der Waals surface area contributed by atoms with E-state index in [0.717, 1.165) is 43.6 Å². The number of carbonyl (C=O) groups excluding carboxylic acids is 2. The van der Waals surface area contributed by atoms with Crippen LogP contribution in [0.25, 0.3) is 0 Å². The molecule has 1 unspecified atom stereocenters. The highest BCUT2D eigenvalue weighted by Gasteiger charge is 2.41. The molecular formula is C43H63F2N3O5S. The number of nitrogens with zero attached hydrogens (tertiary/aromatic N) is 1. The van der Waals surface area contributed by atoms with Gasteiger partial charge in [-0.15, -0.1) is 0 Å². The van der Waals surface area contributed by atoms with Crippen molar-refractivity contribution in [3.8, 4) is 17.2 Å². The number of rotatable bonds is 12. The molecule has 0 spiro atoms. The highest BCUT2D eigenvalue weighted by atomic mass is 32.2. The number of alkyl carbamates (subject to hydrolysis) is 1. The van der Waals surface area contributed by atoms with Gasteiger partial charge in [-0.2, -0.15) is 8.78 Å². The fourth-order valence-electron chi connectivity index (χ4n) is 5.67. The number of hydrogen-bond donors (Lipinski definition) is 2. The molecule has 300 valence electrons. The fourth-order valence-corrected chi connectivity index (χ4v) is 6.41. The number of halogens is 2. The number of ether oxygens (including phenoxy) is 3. The van der Waals surface area contributed by atoms with Crippen molar-refractivity contribution in [1.82, 2.24) is 14.9 Å². The number of aldehydes is 1. The minimum atomic E-state index is -3.40. The number of benzene rings is 3. The van der Waals surface area contributed by atoms with E-state index in [9.17, 15) is 9.59 Å². The molecule has 1 aliphatic heterocycles. The number of likely N-dealkylation sites (tertiary alicyclic amines) is 1. The molecule has 1 heterocycles. The van der Waals surface area contributed by atoms with Crippen LogP contribution in [-0.2, 0) is 15.5 Å². The van der Waals surface area contributed by atoms with Crippen LogP contribution in [0.4, 0.5) is 13.6 Å². The van der Waals surface area contributed by atoms with Crippen molar-refractivity contribution in [3.05, 3.63) is 84.4 Å². The zero-order valence-electron chi connectivity index (χ0n) is 33.5. The summed E-state index contributed by atoms with van der Waals surface area (Å²) < 4.78 is 49.5. The summed E-state index contributed by atoms with van der Waals surface area (Å²) in [4.78, 5) is 26.0. The van der Waals surface area contributed by atoms with Gasteiger partial charge < -0.3 is 29.2 Å². The summed E-state index contributed by atoms with van der Waals surface area (Å²) in [5, 5.41) is 2.91. The molecule has 1 saturated heterocycles. The van der Waals surface area contributed by atoms with E-state index in [1.807, 2.05) is 78.8 Å². The van der Waals surface area contributed by atoms with Crippen LogP contribution in [0.3, 0.4) is 0 Å². The molecule has 54 heavy (non-hydrogen) atoms. The van der Waals surface area contributed by atoms with Gasteiger partial charge >= 0.3 is 6.09 Å². The Morgan fingerprint density at radius 3 is 1.94 bits per heavy atom. The topological polar surface area (TPSA) is 89.1 Å². The lowest BCUT2D eigenvalue weighted by Crippen LogP contribution is -2.45. The third-order valence-corrected chi connectivity index (χ3v) is 9.40. The highest BCUT2D eigenvalue weighted by Crippen LogP contribution is 2.35. The van der Waals surface area contributed by atoms with Gasteiger partial charge in [0.15, 0.2) is 0 Å². The molecule has 5 rings (SSSR count). The number of nitrogens with one attached hydrogen (secondary N) is 2.